The summed E-state index contributed by atoms with van der Waals surface area (Å²) >= 11 is 9.07. The summed E-state index contributed by atoms with van der Waals surface area (Å²) in [6.07, 6.45) is -0.186. The molecule has 0 heterocycles. The average molecular weight is 293 g/mol. The number of rotatable bonds is 2. The third-order valence-corrected chi connectivity index (χ3v) is 2.43. The summed E-state index contributed by atoms with van der Waals surface area (Å²) < 4.78 is 5.72. The molecule has 0 aliphatic carbocycles. The van der Waals surface area contributed by atoms with Gasteiger partial charge in [0.2, 0.25) is 0 Å². The van der Waals surface area contributed by atoms with E-state index in [1.807, 2.05) is 0 Å². The fourth-order valence-corrected chi connectivity index (χ4v) is 1.84. The third kappa shape index (κ3) is 3.11. The number of carbonyl (C=O) groups is 1. The minimum absolute atomic E-state index is 0.186. The SMILES string of the molecule is CC(C)OC(=O)c1cc(Br)cc(Cl)c1N. The molecule has 0 bridgehead atoms. The molecule has 0 fully saturated rings. The molecule has 0 atom stereocenters. The number of benzene rings is 1. The molecular formula is C10H11BrClNO2. The fraction of sp³-hybridized carbons (Fsp3) is 0.300. The normalized spacial score (nSPS) is 10.5. The van der Waals surface area contributed by atoms with Gasteiger partial charge in [0, 0.05) is 4.47 Å². The summed E-state index contributed by atoms with van der Waals surface area (Å²) in [5.41, 5.74) is 6.20. The molecule has 3 nitrogen and oxygen atoms in total. The van der Waals surface area contributed by atoms with Crippen molar-refractivity contribution in [1.82, 2.24) is 0 Å². The predicted molar refractivity (Wildman–Crippen MR) is 64.1 cm³/mol. The second-order valence-corrected chi connectivity index (χ2v) is 4.63. The van der Waals surface area contributed by atoms with Crippen LogP contribution in [-0.4, -0.2) is 12.1 Å². The lowest BCUT2D eigenvalue weighted by Crippen LogP contribution is -2.13. The van der Waals surface area contributed by atoms with Gasteiger partial charge in [-0.1, -0.05) is 27.5 Å². The number of anilines is 1. The van der Waals surface area contributed by atoms with E-state index in [0.717, 1.165) is 0 Å². The lowest BCUT2D eigenvalue weighted by atomic mass is 10.2. The maximum absolute atomic E-state index is 11.6. The van der Waals surface area contributed by atoms with E-state index >= 15 is 0 Å². The molecule has 82 valence electrons. The first-order chi connectivity index (χ1) is 6.91. The summed E-state index contributed by atoms with van der Waals surface area (Å²) in [6, 6.07) is 3.22. The van der Waals surface area contributed by atoms with Gasteiger partial charge in [0.1, 0.15) is 0 Å². The highest BCUT2D eigenvalue weighted by Gasteiger charge is 2.15. The van der Waals surface area contributed by atoms with Gasteiger partial charge in [-0.3, -0.25) is 0 Å². The molecule has 1 rings (SSSR count). The molecular weight excluding hydrogens is 281 g/mol. The van der Waals surface area contributed by atoms with Crippen LogP contribution in [0.5, 0.6) is 0 Å². The Morgan fingerprint density at radius 3 is 2.67 bits per heavy atom. The molecule has 0 spiro atoms. The van der Waals surface area contributed by atoms with Crippen LogP contribution in [0, 0.1) is 0 Å². The molecule has 15 heavy (non-hydrogen) atoms. The number of carbonyl (C=O) groups excluding carboxylic acids is 1. The minimum atomic E-state index is -0.467. The van der Waals surface area contributed by atoms with Crippen LogP contribution < -0.4 is 5.73 Å². The van der Waals surface area contributed by atoms with Gasteiger partial charge in [0.05, 0.1) is 22.4 Å². The van der Waals surface area contributed by atoms with Crippen LogP contribution in [0.2, 0.25) is 5.02 Å². The molecule has 0 saturated carbocycles. The van der Waals surface area contributed by atoms with E-state index in [-0.39, 0.29) is 17.4 Å². The van der Waals surface area contributed by atoms with Gasteiger partial charge in [0.15, 0.2) is 0 Å². The summed E-state index contributed by atoms with van der Waals surface area (Å²) in [5, 5.41) is 0.333. The van der Waals surface area contributed by atoms with Crippen LogP contribution in [0.4, 0.5) is 5.69 Å². The van der Waals surface area contributed by atoms with E-state index < -0.39 is 5.97 Å². The second kappa shape index (κ2) is 4.86. The van der Waals surface area contributed by atoms with Crippen molar-refractivity contribution >= 4 is 39.2 Å². The molecule has 0 unspecified atom stereocenters. The first-order valence-electron chi connectivity index (χ1n) is 4.37. The summed E-state index contributed by atoms with van der Waals surface area (Å²) in [7, 11) is 0. The van der Waals surface area contributed by atoms with Crippen molar-refractivity contribution in [3.63, 3.8) is 0 Å². The van der Waals surface area contributed by atoms with Gasteiger partial charge < -0.3 is 10.5 Å². The van der Waals surface area contributed by atoms with Crippen molar-refractivity contribution in [3.8, 4) is 0 Å². The maximum atomic E-state index is 11.6. The van der Waals surface area contributed by atoms with Gasteiger partial charge in [-0.2, -0.15) is 0 Å². The molecule has 0 aliphatic heterocycles. The van der Waals surface area contributed by atoms with E-state index in [9.17, 15) is 4.79 Å². The Morgan fingerprint density at radius 2 is 2.13 bits per heavy atom. The zero-order valence-corrected chi connectivity index (χ0v) is 10.7. The van der Waals surface area contributed by atoms with E-state index in [1.165, 1.54) is 0 Å². The predicted octanol–water partition coefficient (Wildman–Crippen LogP) is 3.25. The highest BCUT2D eigenvalue weighted by Crippen LogP contribution is 2.28. The Kier molecular flexibility index (Phi) is 3.99. The average Bonchev–Trinajstić information content (AvgIpc) is 2.09. The molecule has 1 aromatic rings. The number of hydrogen-bond donors (Lipinski definition) is 1. The Balaban J connectivity index is 3.08. The second-order valence-electron chi connectivity index (χ2n) is 3.30. The Bertz CT molecular complexity index is 393. The third-order valence-electron chi connectivity index (χ3n) is 1.66. The first kappa shape index (κ1) is 12.3. The monoisotopic (exact) mass is 291 g/mol. The smallest absolute Gasteiger partial charge is 0.340 e. The van der Waals surface area contributed by atoms with Crippen molar-refractivity contribution in [2.24, 2.45) is 0 Å². The van der Waals surface area contributed by atoms with Crippen molar-refractivity contribution in [1.29, 1.82) is 0 Å². The first-order valence-corrected chi connectivity index (χ1v) is 5.54. The number of ether oxygens (including phenoxy) is 1. The minimum Gasteiger partial charge on any atom is -0.459 e. The van der Waals surface area contributed by atoms with Gasteiger partial charge in [-0.05, 0) is 26.0 Å². The van der Waals surface area contributed by atoms with Gasteiger partial charge in [-0.25, -0.2) is 4.79 Å². The molecule has 0 amide bonds. The highest BCUT2D eigenvalue weighted by molar-refractivity contribution is 9.10. The maximum Gasteiger partial charge on any atom is 0.340 e. The number of nitrogens with two attached hydrogens (primary N) is 1. The van der Waals surface area contributed by atoms with E-state index in [2.05, 4.69) is 15.9 Å². The molecule has 2 N–H and O–H groups in total. The number of nitrogen functional groups attached to an aromatic ring is 1. The van der Waals surface area contributed by atoms with Crippen LogP contribution >= 0.6 is 27.5 Å². The van der Waals surface area contributed by atoms with Crippen LogP contribution in [0.15, 0.2) is 16.6 Å². The molecule has 0 aromatic heterocycles. The van der Waals surface area contributed by atoms with Gasteiger partial charge in [0.25, 0.3) is 0 Å². The molecule has 1 aromatic carbocycles. The Morgan fingerprint density at radius 1 is 1.53 bits per heavy atom. The number of hydrogen-bond acceptors (Lipinski definition) is 3. The van der Waals surface area contributed by atoms with E-state index in [1.54, 1.807) is 26.0 Å². The molecule has 5 heteroatoms. The fourth-order valence-electron chi connectivity index (χ4n) is 1.03. The quantitative estimate of drug-likeness (QED) is 0.672. The lowest BCUT2D eigenvalue weighted by molar-refractivity contribution is 0.0379. The van der Waals surface area contributed by atoms with Gasteiger partial charge in [-0.15, -0.1) is 0 Å². The number of halogens is 2. The lowest BCUT2D eigenvalue weighted by Gasteiger charge is -2.10. The molecule has 0 aliphatic rings. The molecule has 0 radical (unpaired) electrons. The van der Waals surface area contributed by atoms with Gasteiger partial charge >= 0.3 is 5.97 Å². The Hall–Kier alpha value is -0.740. The topological polar surface area (TPSA) is 52.3 Å². The highest BCUT2D eigenvalue weighted by atomic mass is 79.9. The largest absolute Gasteiger partial charge is 0.459 e. The standard InChI is InChI=1S/C10H11BrClNO2/c1-5(2)15-10(14)7-3-6(11)4-8(12)9(7)13/h3-5H,13H2,1-2H3. The Labute approximate surface area is 102 Å². The van der Waals surface area contributed by atoms with E-state index in [0.29, 0.717) is 9.50 Å². The zero-order chi connectivity index (χ0) is 11.6. The van der Waals surface area contributed by atoms with Crippen LogP contribution in [-0.2, 0) is 4.74 Å². The van der Waals surface area contributed by atoms with Crippen molar-refractivity contribution in [2.75, 3.05) is 5.73 Å². The van der Waals surface area contributed by atoms with Crippen LogP contribution in [0.1, 0.15) is 24.2 Å². The van der Waals surface area contributed by atoms with Crippen molar-refractivity contribution in [2.45, 2.75) is 20.0 Å². The van der Waals surface area contributed by atoms with E-state index in [4.69, 9.17) is 22.1 Å². The summed E-state index contributed by atoms with van der Waals surface area (Å²) in [6.45, 7) is 3.54. The van der Waals surface area contributed by atoms with Crippen LogP contribution in [0.3, 0.4) is 0 Å². The van der Waals surface area contributed by atoms with Crippen LogP contribution in [0.25, 0.3) is 0 Å². The zero-order valence-electron chi connectivity index (χ0n) is 8.38. The summed E-state index contributed by atoms with van der Waals surface area (Å²) in [4.78, 5) is 11.6. The van der Waals surface area contributed by atoms with Crippen molar-refractivity contribution < 1.29 is 9.53 Å². The number of esters is 1. The van der Waals surface area contributed by atoms with Crippen molar-refractivity contribution in [3.05, 3.63) is 27.2 Å². The summed E-state index contributed by atoms with van der Waals surface area (Å²) in [5.74, 6) is -0.467. The molecule has 0 saturated heterocycles.